The first-order valence-corrected chi connectivity index (χ1v) is 5.72. The van der Waals surface area contributed by atoms with Gasteiger partial charge in [0.1, 0.15) is 0 Å². The number of hydrogen-bond donors (Lipinski definition) is 1. The summed E-state index contributed by atoms with van der Waals surface area (Å²) in [5, 5.41) is 0. The molecule has 2 N–H and O–H groups in total. The molecule has 0 saturated heterocycles. The zero-order chi connectivity index (χ0) is 11.5. The predicted molar refractivity (Wildman–Crippen MR) is 64.1 cm³/mol. The quantitative estimate of drug-likeness (QED) is 0.847. The lowest BCUT2D eigenvalue weighted by molar-refractivity contribution is 0.262. The van der Waals surface area contributed by atoms with Crippen LogP contribution in [0.5, 0.6) is 11.5 Å². The maximum Gasteiger partial charge on any atom is 0.160 e. The highest BCUT2D eigenvalue weighted by atomic mass is 16.5. The molecule has 0 aliphatic heterocycles. The third-order valence-corrected chi connectivity index (χ3v) is 3.56. The topological polar surface area (TPSA) is 44.5 Å². The maximum absolute atomic E-state index is 5.73. The van der Waals surface area contributed by atoms with Gasteiger partial charge in [0.25, 0.3) is 0 Å². The van der Waals surface area contributed by atoms with Gasteiger partial charge >= 0.3 is 0 Å². The molecule has 0 bridgehead atoms. The van der Waals surface area contributed by atoms with E-state index in [0.717, 1.165) is 18.0 Å². The smallest absolute Gasteiger partial charge is 0.160 e. The first-order valence-electron chi connectivity index (χ1n) is 5.72. The van der Waals surface area contributed by atoms with Gasteiger partial charge < -0.3 is 15.2 Å². The molecule has 0 spiro atoms. The van der Waals surface area contributed by atoms with Gasteiger partial charge in [0.2, 0.25) is 0 Å². The van der Waals surface area contributed by atoms with Gasteiger partial charge in [-0.25, -0.2) is 0 Å². The van der Waals surface area contributed by atoms with E-state index in [2.05, 4.69) is 12.1 Å². The SMILES string of the molecule is COc1ccc(C2CCC2CN)cc1OC. The standard InChI is InChI=1S/C13H19NO2/c1-15-12-6-4-9(7-13(12)16-2)11-5-3-10(11)8-14/h4,6-7,10-11H,3,5,8,14H2,1-2H3. The van der Waals surface area contributed by atoms with E-state index in [9.17, 15) is 0 Å². The summed E-state index contributed by atoms with van der Waals surface area (Å²) in [7, 11) is 3.33. The molecule has 88 valence electrons. The largest absolute Gasteiger partial charge is 0.493 e. The lowest BCUT2D eigenvalue weighted by Gasteiger charge is -2.36. The molecule has 1 aliphatic rings. The van der Waals surface area contributed by atoms with Crippen LogP contribution >= 0.6 is 0 Å². The molecule has 1 aromatic carbocycles. The fourth-order valence-corrected chi connectivity index (χ4v) is 2.37. The van der Waals surface area contributed by atoms with Crippen LogP contribution in [0.25, 0.3) is 0 Å². The average Bonchev–Trinajstić information content (AvgIpc) is 2.28. The zero-order valence-electron chi connectivity index (χ0n) is 9.90. The molecule has 2 rings (SSSR count). The Morgan fingerprint density at radius 3 is 2.44 bits per heavy atom. The molecule has 0 aromatic heterocycles. The minimum absolute atomic E-state index is 0.602. The Hall–Kier alpha value is -1.22. The Kier molecular flexibility index (Phi) is 3.34. The van der Waals surface area contributed by atoms with Gasteiger partial charge in [0.15, 0.2) is 11.5 Å². The monoisotopic (exact) mass is 221 g/mol. The van der Waals surface area contributed by atoms with E-state index in [1.807, 2.05) is 6.07 Å². The molecule has 0 amide bonds. The van der Waals surface area contributed by atoms with E-state index in [4.69, 9.17) is 15.2 Å². The van der Waals surface area contributed by atoms with Gasteiger partial charge in [-0.2, -0.15) is 0 Å². The molecule has 3 nitrogen and oxygen atoms in total. The number of rotatable bonds is 4. The predicted octanol–water partition coefficient (Wildman–Crippen LogP) is 2.16. The molecule has 0 radical (unpaired) electrons. The van der Waals surface area contributed by atoms with Crippen molar-refractivity contribution in [1.29, 1.82) is 0 Å². The van der Waals surface area contributed by atoms with Crippen LogP contribution in [0.3, 0.4) is 0 Å². The van der Waals surface area contributed by atoms with Crippen molar-refractivity contribution in [3.8, 4) is 11.5 Å². The van der Waals surface area contributed by atoms with Crippen molar-refractivity contribution in [3.63, 3.8) is 0 Å². The Bertz CT molecular complexity index is 363. The van der Waals surface area contributed by atoms with Gasteiger partial charge in [-0.05, 0) is 48.9 Å². The van der Waals surface area contributed by atoms with Gasteiger partial charge in [-0.1, -0.05) is 6.07 Å². The Morgan fingerprint density at radius 1 is 1.19 bits per heavy atom. The van der Waals surface area contributed by atoms with E-state index in [-0.39, 0.29) is 0 Å². The van der Waals surface area contributed by atoms with Crippen molar-refractivity contribution in [1.82, 2.24) is 0 Å². The molecule has 2 atom stereocenters. The summed E-state index contributed by atoms with van der Waals surface area (Å²) in [6.45, 7) is 0.777. The van der Waals surface area contributed by atoms with Crippen LogP contribution in [0.15, 0.2) is 18.2 Å². The van der Waals surface area contributed by atoms with E-state index < -0.39 is 0 Å². The first kappa shape index (κ1) is 11.3. The molecule has 3 heteroatoms. The van der Waals surface area contributed by atoms with E-state index in [0.29, 0.717) is 11.8 Å². The zero-order valence-corrected chi connectivity index (χ0v) is 9.90. The summed E-state index contributed by atoms with van der Waals surface area (Å²) in [4.78, 5) is 0. The lowest BCUT2D eigenvalue weighted by atomic mass is 9.70. The number of hydrogen-bond acceptors (Lipinski definition) is 3. The fraction of sp³-hybridized carbons (Fsp3) is 0.538. The van der Waals surface area contributed by atoms with Gasteiger partial charge in [0, 0.05) is 0 Å². The number of nitrogens with two attached hydrogens (primary N) is 1. The molecule has 0 heterocycles. The summed E-state index contributed by atoms with van der Waals surface area (Å²) in [6.07, 6.45) is 2.48. The number of methoxy groups -OCH3 is 2. The number of benzene rings is 1. The molecular weight excluding hydrogens is 202 g/mol. The summed E-state index contributed by atoms with van der Waals surface area (Å²) in [5.41, 5.74) is 7.05. The minimum Gasteiger partial charge on any atom is -0.493 e. The third-order valence-electron chi connectivity index (χ3n) is 3.56. The van der Waals surface area contributed by atoms with Crippen LogP contribution < -0.4 is 15.2 Å². The molecular formula is C13H19NO2. The molecule has 16 heavy (non-hydrogen) atoms. The molecule has 1 aliphatic carbocycles. The second-order valence-electron chi connectivity index (χ2n) is 4.29. The van der Waals surface area contributed by atoms with Gasteiger partial charge in [-0.15, -0.1) is 0 Å². The van der Waals surface area contributed by atoms with E-state index >= 15 is 0 Å². The highest BCUT2D eigenvalue weighted by Crippen LogP contribution is 2.43. The second kappa shape index (κ2) is 4.74. The Balaban J connectivity index is 2.22. The lowest BCUT2D eigenvalue weighted by Crippen LogP contribution is -2.30. The van der Waals surface area contributed by atoms with Crippen molar-refractivity contribution in [2.75, 3.05) is 20.8 Å². The minimum atomic E-state index is 0.602. The van der Waals surface area contributed by atoms with Crippen molar-refractivity contribution < 1.29 is 9.47 Å². The van der Waals surface area contributed by atoms with Crippen LogP contribution in [0.2, 0.25) is 0 Å². The van der Waals surface area contributed by atoms with Gasteiger partial charge in [0.05, 0.1) is 14.2 Å². The van der Waals surface area contributed by atoms with Crippen molar-refractivity contribution >= 4 is 0 Å². The summed E-state index contributed by atoms with van der Waals surface area (Å²) < 4.78 is 10.5. The summed E-state index contributed by atoms with van der Waals surface area (Å²) in [5.74, 6) is 2.83. The normalized spacial score (nSPS) is 23.7. The first-order chi connectivity index (χ1) is 7.80. The average molecular weight is 221 g/mol. The van der Waals surface area contributed by atoms with Gasteiger partial charge in [-0.3, -0.25) is 0 Å². The molecule has 1 saturated carbocycles. The molecule has 1 fully saturated rings. The summed E-state index contributed by atoms with van der Waals surface area (Å²) in [6, 6.07) is 6.17. The molecule has 1 aromatic rings. The molecule has 2 unspecified atom stereocenters. The van der Waals surface area contributed by atoms with E-state index in [1.54, 1.807) is 14.2 Å². The Labute approximate surface area is 96.5 Å². The number of ether oxygens (including phenoxy) is 2. The maximum atomic E-state index is 5.73. The van der Waals surface area contributed by atoms with E-state index in [1.165, 1.54) is 18.4 Å². The summed E-state index contributed by atoms with van der Waals surface area (Å²) >= 11 is 0. The van der Waals surface area contributed by atoms with Crippen LogP contribution in [0.4, 0.5) is 0 Å². The fourth-order valence-electron chi connectivity index (χ4n) is 2.37. The highest BCUT2D eigenvalue weighted by molar-refractivity contribution is 5.44. The second-order valence-corrected chi connectivity index (χ2v) is 4.29. The highest BCUT2D eigenvalue weighted by Gasteiger charge is 2.31. The van der Waals surface area contributed by atoms with Crippen molar-refractivity contribution in [2.45, 2.75) is 18.8 Å². The van der Waals surface area contributed by atoms with Crippen LogP contribution in [-0.2, 0) is 0 Å². The van der Waals surface area contributed by atoms with Crippen LogP contribution in [-0.4, -0.2) is 20.8 Å². The van der Waals surface area contributed by atoms with Crippen LogP contribution in [0, 0.1) is 5.92 Å². The Morgan fingerprint density at radius 2 is 1.94 bits per heavy atom. The van der Waals surface area contributed by atoms with Crippen LogP contribution in [0.1, 0.15) is 24.3 Å². The third kappa shape index (κ3) is 1.87. The van der Waals surface area contributed by atoms with Crippen molar-refractivity contribution in [3.05, 3.63) is 23.8 Å². The van der Waals surface area contributed by atoms with Crippen molar-refractivity contribution in [2.24, 2.45) is 11.7 Å².